The highest BCUT2D eigenvalue weighted by molar-refractivity contribution is 7.85. The number of amides is 2. The Labute approximate surface area is 257 Å². The molecule has 1 aliphatic carbocycles. The van der Waals surface area contributed by atoms with Crippen molar-refractivity contribution in [3.05, 3.63) is 23.4 Å². The van der Waals surface area contributed by atoms with E-state index in [0.29, 0.717) is 41.6 Å². The van der Waals surface area contributed by atoms with Gasteiger partial charge in [-0.3, -0.25) is 14.1 Å². The Bertz CT molecular complexity index is 1460. The van der Waals surface area contributed by atoms with Gasteiger partial charge in [-0.1, -0.05) is 0 Å². The van der Waals surface area contributed by atoms with Gasteiger partial charge < -0.3 is 25.8 Å². The van der Waals surface area contributed by atoms with Crippen molar-refractivity contribution in [2.75, 3.05) is 14.1 Å². The van der Waals surface area contributed by atoms with Gasteiger partial charge in [0.05, 0.1) is 22.5 Å². The molecule has 3 N–H and O–H groups in total. The maximum absolute atomic E-state index is 13.0. The van der Waals surface area contributed by atoms with Crippen molar-refractivity contribution in [3.8, 4) is 0 Å². The summed E-state index contributed by atoms with van der Waals surface area (Å²) in [5, 5.41) is 29.6. The lowest BCUT2D eigenvalue weighted by Gasteiger charge is -2.60. The number of carbonyl (C=O) groups is 2. The van der Waals surface area contributed by atoms with Crippen LogP contribution in [-0.2, 0) is 19.7 Å². The zero-order valence-corrected chi connectivity index (χ0v) is 27.2. The largest absolute Gasteiger partial charge is 0.784 e. The number of rotatable bonds is 9. The molecule has 43 heavy (non-hydrogen) atoms. The SMILES string of the molecule is CN(C)C1CCC(N=Nc2snc3ccc(S(=O)(=O)O)cc23)C(NC(=O)CCC(=O)NC2CC(C)(C)N([O-])C(C)(C)C2)C1. The smallest absolute Gasteiger partial charge is 0.294 e. The Morgan fingerprint density at radius 1 is 1.12 bits per heavy atom. The number of piperidine rings is 1. The molecule has 1 aromatic heterocycles. The molecule has 1 saturated carbocycles. The molecule has 3 unspecified atom stereocenters. The number of hydrogen-bond acceptors (Lipinski definition) is 11. The van der Waals surface area contributed by atoms with E-state index in [-0.39, 0.29) is 53.7 Å². The minimum Gasteiger partial charge on any atom is -0.784 e. The van der Waals surface area contributed by atoms with E-state index in [1.807, 2.05) is 41.8 Å². The van der Waals surface area contributed by atoms with Crippen LogP contribution in [0.25, 0.3) is 10.9 Å². The molecule has 2 amide bonds. The normalized spacial score (nSPS) is 24.9. The molecule has 1 saturated heterocycles. The molecule has 4 rings (SSSR count). The predicted octanol–water partition coefficient (Wildman–Crippen LogP) is 4.01. The summed E-state index contributed by atoms with van der Waals surface area (Å²) in [7, 11) is -0.400. The Hall–Kier alpha value is -2.56. The first-order chi connectivity index (χ1) is 20.0. The molecule has 2 aromatic rings. The van der Waals surface area contributed by atoms with Gasteiger partial charge in [-0.2, -0.15) is 17.9 Å². The third kappa shape index (κ3) is 8.13. The Morgan fingerprint density at radius 2 is 1.74 bits per heavy atom. The minimum atomic E-state index is -4.38. The van der Waals surface area contributed by atoms with Crippen LogP contribution in [0.1, 0.15) is 72.6 Å². The molecule has 2 heterocycles. The summed E-state index contributed by atoms with van der Waals surface area (Å²) in [4.78, 5) is 27.6. The van der Waals surface area contributed by atoms with Crippen molar-refractivity contribution in [1.82, 2.24) is 25.0 Å². The summed E-state index contributed by atoms with van der Waals surface area (Å²) in [6.07, 6.45) is 3.30. The Morgan fingerprint density at radius 3 is 2.35 bits per heavy atom. The van der Waals surface area contributed by atoms with Crippen LogP contribution in [0.2, 0.25) is 0 Å². The van der Waals surface area contributed by atoms with Crippen molar-refractivity contribution in [3.63, 3.8) is 0 Å². The maximum Gasteiger partial charge on any atom is 0.294 e. The highest BCUT2D eigenvalue weighted by atomic mass is 32.2. The molecule has 1 aliphatic heterocycles. The highest BCUT2D eigenvalue weighted by Gasteiger charge is 2.40. The average Bonchev–Trinajstić information content (AvgIpc) is 3.31. The van der Waals surface area contributed by atoms with Crippen LogP contribution >= 0.6 is 11.5 Å². The quantitative estimate of drug-likeness (QED) is 0.271. The van der Waals surface area contributed by atoms with Crippen molar-refractivity contribution < 1.29 is 22.6 Å². The lowest BCUT2D eigenvalue weighted by molar-refractivity contribution is -0.128. The standard InChI is InChI=1S/C28H42N7O6S2/c1-27(2)15-17(16-28(3,4)35(27)38)29-24(36)11-12-25(37)30-23-13-18(34(5)6)7-9-22(23)31-32-26-20-14-19(43(39,40)41)8-10-21(20)33-42-26/h8,10,14,17-18,22-23H,7,9,11-13,15-16H2,1-6H3,(H,29,36)(H,30,37)(H,39,40,41)/q-1. The van der Waals surface area contributed by atoms with Crippen molar-refractivity contribution >= 4 is 49.4 Å². The maximum atomic E-state index is 13.0. The molecule has 0 radical (unpaired) electrons. The molecule has 0 spiro atoms. The van der Waals surface area contributed by atoms with Gasteiger partial charge in [0.25, 0.3) is 10.1 Å². The summed E-state index contributed by atoms with van der Waals surface area (Å²) in [5.74, 6) is -0.477. The molecular formula is C28H42N7O6S2-. The molecule has 2 fully saturated rings. The Balaban J connectivity index is 1.39. The summed E-state index contributed by atoms with van der Waals surface area (Å²) >= 11 is 1.07. The van der Waals surface area contributed by atoms with Crippen LogP contribution in [0.5, 0.6) is 0 Å². The number of aromatic nitrogens is 1. The number of hydroxylamine groups is 2. The van der Waals surface area contributed by atoms with Gasteiger partial charge in [-0.05, 0) is 104 Å². The molecule has 15 heteroatoms. The second-order valence-electron chi connectivity index (χ2n) is 13.1. The van der Waals surface area contributed by atoms with Crippen LogP contribution < -0.4 is 10.6 Å². The van der Waals surface area contributed by atoms with E-state index in [9.17, 15) is 27.8 Å². The lowest BCUT2D eigenvalue weighted by Crippen LogP contribution is -2.61. The van der Waals surface area contributed by atoms with E-state index >= 15 is 0 Å². The van der Waals surface area contributed by atoms with E-state index in [0.717, 1.165) is 23.0 Å². The molecule has 1 aromatic carbocycles. The van der Waals surface area contributed by atoms with Crippen molar-refractivity contribution in [2.24, 2.45) is 10.2 Å². The van der Waals surface area contributed by atoms with E-state index in [1.165, 1.54) is 18.2 Å². The van der Waals surface area contributed by atoms with Crippen LogP contribution in [0.4, 0.5) is 5.00 Å². The first-order valence-corrected chi connectivity index (χ1v) is 16.7. The predicted molar refractivity (Wildman–Crippen MR) is 165 cm³/mol. The topological polar surface area (TPSA) is 180 Å². The second-order valence-corrected chi connectivity index (χ2v) is 15.3. The van der Waals surface area contributed by atoms with Gasteiger partial charge in [0.2, 0.25) is 11.8 Å². The van der Waals surface area contributed by atoms with Gasteiger partial charge in [0.1, 0.15) is 0 Å². The number of azo groups is 1. The van der Waals surface area contributed by atoms with Gasteiger partial charge in [-0.15, -0.1) is 5.11 Å². The summed E-state index contributed by atoms with van der Waals surface area (Å²) in [5.41, 5.74) is -0.666. The van der Waals surface area contributed by atoms with E-state index in [2.05, 4.69) is 30.1 Å². The van der Waals surface area contributed by atoms with Crippen molar-refractivity contribution in [1.29, 1.82) is 0 Å². The van der Waals surface area contributed by atoms with Gasteiger partial charge >= 0.3 is 0 Å². The minimum absolute atomic E-state index is 0.0178. The number of nitrogens with zero attached hydrogens (tertiary/aromatic N) is 5. The van der Waals surface area contributed by atoms with Crippen LogP contribution in [-0.4, -0.2) is 88.5 Å². The van der Waals surface area contributed by atoms with Gasteiger partial charge in [0.15, 0.2) is 5.00 Å². The molecule has 2 aliphatic rings. The number of nitrogens with one attached hydrogen (secondary N) is 2. The number of carbonyl (C=O) groups excluding carboxylic acids is 2. The van der Waals surface area contributed by atoms with Gasteiger partial charge in [0, 0.05) is 41.4 Å². The number of fused-ring (bicyclic) bond motifs is 1. The van der Waals surface area contributed by atoms with Gasteiger partial charge in [-0.25, -0.2) is 0 Å². The molecular weight excluding hydrogens is 594 g/mol. The van der Waals surface area contributed by atoms with E-state index in [4.69, 9.17) is 0 Å². The summed E-state index contributed by atoms with van der Waals surface area (Å²) in [6, 6.07) is 3.56. The zero-order chi connectivity index (χ0) is 31.7. The first-order valence-electron chi connectivity index (χ1n) is 14.5. The third-order valence-electron chi connectivity index (χ3n) is 8.42. The Kier molecular flexibility index (Phi) is 9.93. The molecule has 0 bridgehead atoms. The fourth-order valence-corrected chi connectivity index (χ4v) is 7.53. The highest BCUT2D eigenvalue weighted by Crippen LogP contribution is 2.37. The van der Waals surface area contributed by atoms with Crippen molar-refractivity contribution in [2.45, 2.75) is 113 Å². The van der Waals surface area contributed by atoms with Crippen LogP contribution in [0, 0.1) is 5.21 Å². The lowest BCUT2D eigenvalue weighted by atomic mass is 9.79. The second kappa shape index (κ2) is 12.8. The number of benzene rings is 1. The number of hydrogen-bond donors (Lipinski definition) is 3. The summed E-state index contributed by atoms with van der Waals surface area (Å²) < 4.78 is 36.9. The molecule has 3 atom stereocenters. The van der Waals surface area contributed by atoms with Crippen LogP contribution in [0.15, 0.2) is 33.3 Å². The van der Waals surface area contributed by atoms with E-state index in [1.54, 1.807) is 0 Å². The first kappa shape index (κ1) is 33.3. The third-order valence-corrected chi connectivity index (χ3v) is 10.0. The molecule has 13 nitrogen and oxygen atoms in total. The zero-order valence-electron chi connectivity index (χ0n) is 25.5. The summed E-state index contributed by atoms with van der Waals surface area (Å²) in [6.45, 7) is 7.50. The van der Waals surface area contributed by atoms with Crippen LogP contribution in [0.3, 0.4) is 0 Å². The monoisotopic (exact) mass is 636 g/mol. The van der Waals surface area contributed by atoms with E-state index < -0.39 is 21.2 Å². The average molecular weight is 637 g/mol. The fourth-order valence-electron chi connectivity index (χ4n) is 6.33. The fraction of sp³-hybridized carbons (Fsp3) is 0.679. The molecule has 238 valence electrons.